The Balaban J connectivity index is 1.21. The first-order valence-corrected chi connectivity index (χ1v) is 18.8. The highest BCUT2D eigenvalue weighted by Gasteiger charge is 2.62. The van der Waals surface area contributed by atoms with E-state index in [-0.39, 0.29) is 31.3 Å². The first kappa shape index (κ1) is 34.6. The standard InChI is InChI=1S/C36H41FN6O7S/c1-21-29(49-3)16-15-27-30(21)38-31(22-9-11-24(37)12-10-22)39-33(27)50-25-18-28-32(44)40-36(34(45)41-51(47,48)26-13-14-26)19-23(36)8-6-4-5-7-17-42(2)35(46)43(28)20-25/h6,8-12,15-16,23,25-26,28H,4-5,7,13-14,17-20H2,1-3H3,(H,40,44)(H,41,45)/b8-6+/t23-,25-,28+,36-/m1/s1. The van der Waals surface area contributed by atoms with E-state index in [1.54, 1.807) is 43.3 Å². The van der Waals surface area contributed by atoms with Gasteiger partial charge in [-0.25, -0.2) is 22.6 Å². The van der Waals surface area contributed by atoms with Crippen LogP contribution >= 0.6 is 0 Å². The van der Waals surface area contributed by atoms with Crippen molar-refractivity contribution in [3.05, 3.63) is 59.9 Å². The van der Waals surface area contributed by atoms with Gasteiger partial charge in [0.15, 0.2) is 5.82 Å². The number of allylic oxidation sites excluding steroid dienone is 1. The van der Waals surface area contributed by atoms with Gasteiger partial charge in [0.05, 0.1) is 29.8 Å². The van der Waals surface area contributed by atoms with Crippen molar-refractivity contribution in [3.8, 4) is 23.0 Å². The van der Waals surface area contributed by atoms with E-state index in [1.807, 2.05) is 19.1 Å². The van der Waals surface area contributed by atoms with Gasteiger partial charge in [0.25, 0.3) is 5.91 Å². The average molecular weight is 721 g/mol. The minimum absolute atomic E-state index is 0.0480. The van der Waals surface area contributed by atoms with E-state index in [2.05, 4.69) is 10.0 Å². The summed E-state index contributed by atoms with van der Waals surface area (Å²) in [6.45, 7) is 2.39. The lowest BCUT2D eigenvalue weighted by Gasteiger charge is -2.30. The molecule has 2 saturated carbocycles. The highest BCUT2D eigenvalue weighted by molar-refractivity contribution is 7.91. The zero-order valence-electron chi connectivity index (χ0n) is 28.7. The summed E-state index contributed by atoms with van der Waals surface area (Å²) in [4.78, 5) is 54.1. The first-order valence-electron chi connectivity index (χ1n) is 17.2. The summed E-state index contributed by atoms with van der Waals surface area (Å²) < 4.78 is 53.6. The molecule has 4 aliphatic rings. The van der Waals surface area contributed by atoms with Gasteiger partial charge in [-0.15, -0.1) is 0 Å². The van der Waals surface area contributed by atoms with Crippen LogP contribution in [0, 0.1) is 18.7 Å². The van der Waals surface area contributed by atoms with E-state index in [0.29, 0.717) is 53.8 Å². The van der Waals surface area contributed by atoms with Crippen LogP contribution in [0.25, 0.3) is 22.3 Å². The molecule has 51 heavy (non-hydrogen) atoms. The number of nitrogens with one attached hydrogen (secondary N) is 2. The lowest BCUT2D eigenvalue weighted by Crippen LogP contribution is -2.57. The van der Waals surface area contributed by atoms with Gasteiger partial charge in [0.2, 0.25) is 21.8 Å². The van der Waals surface area contributed by atoms with Crippen molar-refractivity contribution in [2.45, 2.75) is 74.8 Å². The van der Waals surface area contributed by atoms with Crippen LogP contribution < -0.4 is 19.5 Å². The van der Waals surface area contributed by atoms with E-state index in [4.69, 9.17) is 19.4 Å². The number of urea groups is 1. The molecule has 0 radical (unpaired) electrons. The number of amides is 4. The lowest BCUT2D eigenvalue weighted by atomic mass is 10.1. The zero-order chi connectivity index (χ0) is 36.1. The van der Waals surface area contributed by atoms with Crippen LogP contribution in [0.1, 0.15) is 50.5 Å². The predicted octanol–water partition coefficient (Wildman–Crippen LogP) is 3.85. The number of carbonyl (C=O) groups excluding carboxylic acids is 3. The highest BCUT2D eigenvalue weighted by Crippen LogP contribution is 2.46. The number of aromatic nitrogens is 2. The third-order valence-corrected chi connectivity index (χ3v) is 12.0. The number of nitrogens with zero attached hydrogens (tertiary/aromatic N) is 4. The third kappa shape index (κ3) is 6.83. The van der Waals surface area contributed by atoms with Crippen LogP contribution in [-0.4, -0.2) is 96.2 Å². The van der Waals surface area contributed by atoms with Gasteiger partial charge in [-0.05, 0) is 81.8 Å². The molecule has 4 atom stereocenters. The molecular formula is C36H41FN6O7S. The number of sulfonamides is 1. The molecule has 2 aromatic carbocycles. The van der Waals surface area contributed by atoms with E-state index >= 15 is 0 Å². The van der Waals surface area contributed by atoms with Crippen molar-refractivity contribution in [3.63, 3.8) is 0 Å². The van der Waals surface area contributed by atoms with E-state index < -0.39 is 56.5 Å². The summed E-state index contributed by atoms with van der Waals surface area (Å²) in [5.74, 6) is -1.02. The van der Waals surface area contributed by atoms with Crippen molar-refractivity contribution in [1.82, 2.24) is 29.8 Å². The maximum Gasteiger partial charge on any atom is 0.320 e. The van der Waals surface area contributed by atoms with Crippen molar-refractivity contribution >= 4 is 38.8 Å². The van der Waals surface area contributed by atoms with Crippen LogP contribution in [0.5, 0.6) is 11.6 Å². The van der Waals surface area contributed by atoms with Crippen LogP contribution in [-0.2, 0) is 19.6 Å². The number of fused-ring (bicyclic) bond motifs is 3. The molecule has 1 saturated heterocycles. The lowest BCUT2D eigenvalue weighted by molar-refractivity contribution is -0.131. The molecule has 7 rings (SSSR count). The van der Waals surface area contributed by atoms with Gasteiger partial charge in [-0.2, -0.15) is 4.98 Å². The van der Waals surface area contributed by atoms with E-state index in [9.17, 15) is 27.2 Å². The van der Waals surface area contributed by atoms with Gasteiger partial charge in [0.1, 0.15) is 29.3 Å². The number of methoxy groups -OCH3 is 1. The molecule has 3 heterocycles. The summed E-state index contributed by atoms with van der Waals surface area (Å²) in [7, 11) is -0.613. The van der Waals surface area contributed by atoms with Crippen molar-refractivity contribution in [2.24, 2.45) is 5.92 Å². The fourth-order valence-corrected chi connectivity index (χ4v) is 8.34. The Kier molecular flexibility index (Phi) is 9.10. The number of benzene rings is 2. The monoisotopic (exact) mass is 720 g/mol. The quantitative estimate of drug-likeness (QED) is 0.346. The first-order chi connectivity index (χ1) is 24.4. The summed E-state index contributed by atoms with van der Waals surface area (Å²) in [6.07, 6.45) is 6.67. The molecule has 2 aliphatic carbocycles. The molecule has 2 N–H and O–H groups in total. The summed E-state index contributed by atoms with van der Waals surface area (Å²) >= 11 is 0. The Bertz CT molecular complexity index is 2020. The van der Waals surface area contributed by atoms with Gasteiger partial charge < -0.3 is 24.6 Å². The molecular weight excluding hydrogens is 679 g/mol. The van der Waals surface area contributed by atoms with Crippen LogP contribution in [0.2, 0.25) is 0 Å². The molecule has 1 aromatic heterocycles. The maximum absolute atomic E-state index is 14.2. The number of hydrogen-bond acceptors (Lipinski definition) is 9. The SMILES string of the molecule is COc1ccc2c(O[C@@H]3C[C@H]4C(=O)N[C@]5(C(=O)NS(=O)(=O)C6CC6)C[C@H]5/C=C/CCCCN(C)C(=O)N4C3)nc(-c3ccc(F)cc3)nc2c1C. The van der Waals surface area contributed by atoms with Crippen molar-refractivity contribution in [2.75, 3.05) is 27.2 Å². The second kappa shape index (κ2) is 13.4. The third-order valence-electron chi connectivity index (χ3n) is 10.2. The Morgan fingerprint density at radius 1 is 1.10 bits per heavy atom. The molecule has 2 aliphatic heterocycles. The molecule has 270 valence electrons. The number of rotatable bonds is 7. The van der Waals surface area contributed by atoms with E-state index in [1.165, 1.54) is 17.0 Å². The molecule has 4 amide bonds. The Hall–Kier alpha value is -4.79. The van der Waals surface area contributed by atoms with Gasteiger partial charge in [0, 0.05) is 37.1 Å². The number of ether oxygens (including phenoxy) is 2. The molecule has 13 nitrogen and oxygen atoms in total. The van der Waals surface area contributed by atoms with Crippen LogP contribution in [0.15, 0.2) is 48.6 Å². The number of aryl methyl sites for hydroxylation is 1. The minimum atomic E-state index is -3.86. The topological polar surface area (TPSA) is 160 Å². The summed E-state index contributed by atoms with van der Waals surface area (Å²) in [6, 6.07) is 7.95. The normalized spacial score (nSPS) is 26.1. The molecule has 15 heteroatoms. The summed E-state index contributed by atoms with van der Waals surface area (Å²) in [5, 5.41) is 2.85. The second-order valence-corrected chi connectivity index (χ2v) is 15.8. The number of hydrogen-bond donors (Lipinski definition) is 2. The van der Waals surface area contributed by atoms with Crippen molar-refractivity contribution < 1.29 is 36.7 Å². The molecule has 3 aromatic rings. The van der Waals surface area contributed by atoms with E-state index in [0.717, 1.165) is 18.4 Å². The fourth-order valence-electron chi connectivity index (χ4n) is 6.98. The zero-order valence-corrected chi connectivity index (χ0v) is 29.5. The largest absolute Gasteiger partial charge is 0.496 e. The molecule has 0 unspecified atom stereocenters. The highest BCUT2D eigenvalue weighted by atomic mass is 32.2. The summed E-state index contributed by atoms with van der Waals surface area (Å²) in [5.41, 5.74) is 0.407. The van der Waals surface area contributed by atoms with Crippen LogP contribution in [0.4, 0.5) is 9.18 Å². The average Bonchev–Trinajstić information content (AvgIpc) is 4.03. The molecule has 0 bridgehead atoms. The number of carbonyl (C=O) groups is 3. The number of halogens is 1. The molecule has 0 spiro atoms. The predicted molar refractivity (Wildman–Crippen MR) is 186 cm³/mol. The van der Waals surface area contributed by atoms with Crippen molar-refractivity contribution in [1.29, 1.82) is 0 Å². The second-order valence-electron chi connectivity index (χ2n) is 13.9. The Morgan fingerprint density at radius 2 is 1.86 bits per heavy atom. The minimum Gasteiger partial charge on any atom is -0.496 e. The van der Waals surface area contributed by atoms with Gasteiger partial charge in [-0.1, -0.05) is 12.2 Å². The van der Waals surface area contributed by atoms with Gasteiger partial charge >= 0.3 is 6.03 Å². The van der Waals surface area contributed by atoms with Gasteiger partial charge in [-0.3, -0.25) is 14.3 Å². The molecule has 3 fully saturated rings. The Labute approximate surface area is 295 Å². The van der Waals surface area contributed by atoms with Crippen LogP contribution in [0.3, 0.4) is 0 Å². The Morgan fingerprint density at radius 3 is 2.59 bits per heavy atom. The fraction of sp³-hybridized carbons (Fsp3) is 0.472. The maximum atomic E-state index is 14.2. The smallest absolute Gasteiger partial charge is 0.320 e.